The van der Waals surface area contributed by atoms with Crippen molar-refractivity contribution in [1.29, 1.82) is 0 Å². The van der Waals surface area contributed by atoms with Crippen molar-refractivity contribution in [3.63, 3.8) is 0 Å². The summed E-state index contributed by atoms with van der Waals surface area (Å²) in [6.45, 7) is 0.256. The quantitative estimate of drug-likeness (QED) is 0.444. The number of rotatable bonds is 4. The first-order valence-corrected chi connectivity index (χ1v) is 8.78. The van der Waals surface area contributed by atoms with Gasteiger partial charge < -0.3 is 9.64 Å². The number of hydrogen-bond donors (Lipinski definition) is 0. The highest BCUT2D eigenvalue weighted by Gasteiger charge is 2.34. The van der Waals surface area contributed by atoms with Gasteiger partial charge in [-0.25, -0.2) is 8.78 Å². The van der Waals surface area contributed by atoms with Crippen molar-refractivity contribution in [2.24, 2.45) is 0 Å². The van der Waals surface area contributed by atoms with Gasteiger partial charge in [-0.15, -0.1) is 11.8 Å². The van der Waals surface area contributed by atoms with Crippen molar-refractivity contribution in [1.82, 2.24) is 4.90 Å². The number of ether oxygens (including phenoxy) is 1. The molecule has 142 valence electrons. The molecule has 0 spiro atoms. The number of nitrogens with zero attached hydrogens (tertiary/aromatic N) is 2. The number of thioether (sulfide) groups is 1. The van der Waals surface area contributed by atoms with Crippen LogP contribution in [0.4, 0.5) is 18.9 Å². The van der Waals surface area contributed by atoms with Crippen LogP contribution in [0.1, 0.15) is 21.3 Å². The highest BCUT2D eigenvalue weighted by Crippen LogP contribution is 2.40. The minimum absolute atomic E-state index is 0.101. The number of methoxy groups -OCH3 is 1. The van der Waals surface area contributed by atoms with Gasteiger partial charge in [-0.05, 0) is 23.8 Å². The molecule has 1 saturated heterocycles. The molecule has 0 saturated carbocycles. The van der Waals surface area contributed by atoms with Crippen molar-refractivity contribution in [3.8, 4) is 5.75 Å². The van der Waals surface area contributed by atoms with E-state index in [1.165, 1.54) is 40.9 Å². The molecule has 1 amide bonds. The van der Waals surface area contributed by atoms with Gasteiger partial charge in [0.1, 0.15) is 5.37 Å². The first kappa shape index (κ1) is 19.0. The fraction of sp³-hybridized carbons (Fsp3) is 0.235. The fourth-order valence-electron chi connectivity index (χ4n) is 2.78. The average molecular weight is 398 g/mol. The van der Waals surface area contributed by atoms with Crippen LogP contribution in [-0.2, 0) is 0 Å². The third kappa shape index (κ3) is 3.44. The molecular formula is C17H13F3N2O4S. The smallest absolute Gasteiger partial charge is 0.269 e. The monoisotopic (exact) mass is 398 g/mol. The lowest BCUT2D eigenvalue weighted by Crippen LogP contribution is -2.31. The van der Waals surface area contributed by atoms with E-state index in [9.17, 15) is 28.1 Å². The van der Waals surface area contributed by atoms with Crippen LogP contribution < -0.4 is 4.74 Å². The number of non-ortho nitro benzene ring substituents is 1. The summed E-state index contributed by atoms with van der Waals surface area (Å²) in [5, 5.41) is 10.2. The molecule has 0 bridgehead atoms. The highest BCUT2D eigenvalue weighted by molar-refractivity contribution is 7.99. The van der Waals surface area contributed by atoms with Gasteiger partial charge in [0.15, 0.2) is 17.4 Å². The summed E-state index contributed by atoms with van der Waals surface area (Å²) in [5.41, 5.74) is -0.137. The summed E-state index contributed by atoms with van der Waals surface area (Å²) in [4.78, 5) is 24.3. The maximum atomic E-state index is 14.4. The molecule has 1 unspecified atom stereocenters. The van der Waals surface area contributed by atoms with E-state index in [1.54, 1.807) is 0 Å². The SMILES string of the molecule is COc1c(F)c(F)cc(C(=O)N2CCSC2c2ccc([N+](=O)[O-])cc2)c1F. The molecule has 0 radical (unpaired) electrons. The van der Waals surface area contributed by atoms with Gasteiger partial charge in [0.05, 0.1) is 17.6 Å². The van der Waals surface area contributed by atoms with Crippen LogP contribution >= 0.6 is 11.8 Å². The lowest BCUT2D eigenvalue weighted by molar-refractivity contribution is -0.384. The van der Waals surface area contributed by atoms with E-state index in [1.807, 2.05) is 0 Å². The molecule has 1 heterocycles. The van der Waals surface area contributed by atoms with E-state index in [0.717, 1.165) is 7.11 Å². The number of hydrogen-bond acceptors (Lipinski definition) is 5. The third-order valence-corrected chi connectivity index (χ3v) is 5.35. The second kappa shape index (κ2) is 7.47. The van der Waals surface area contributed by atoms with Crippen molar-refractivity contribution in [2.45, 2.75) is 5.37 Å². The summed E-state index contributed by atoms with van der Waals surface area (Å²) in [5.74, 6) is -5.42. The topological polar surface area (TPSA) is 72.7 Å². The largest absolute Gasteiger partial charge is 0.491 e. The first-order valence-electron chi connectivity index (χ1n) is 7.73. The van der Waals surface area contributed by atoms with Gasteiger partial charge in [-0.1, -0.05) is 0 Å². The van der Waals surface area contributed by atoms with E-state index in [0.29, 0.717) is 17.4 Å². The Morgan fingerprint density at radius 1 is 1.26 bits per heavy atom. The number of halogens is 3. The molecule has 0 N–H and O–H groups in total. The van der Waals surface area contributed by atoms with Crippen LogP contribution in [0.25, 0.3) is 0 Å². The minimum atomic E-state index is -1.51. The Morgan fingerprint density at radius 2 is 1.93 bits per heavy atom. The Hall–Kier alpha value is -2.75. The third-order valence-electron chi connectivity index (χ3n) is 4.09. The zero-order valence-corrected chi connectivity index (χ0v) is 14.8. The van der Waals surface area contributed by atoms with E-state index in [2.05, 4.69) is 4.74 Å². The van der Waals surface area contributed by atoms with Crippen LogP contribution in [-0.4, -0.2) is 35.1 Å². The van der Waals surface area contributed by atoms with E-state index in [-0.39, 0.29) is 12.2 Å². The normalized spacial score (nSPS) is 16.4. The molecule has 27 heavy (non-hydrogen) atoms. The molecule has 1 aliphatic heterocycles. The fourth-order valence-corrected chi connectivity index (χ4v) is 4.04. The second-order valence-corrected chi connectivity index (χ2v) is 6.83. The average Bonchev–Trinajstić information content (AvgIpc) is 3.14. The first-order chi connectivity index (χ1) is 12.8. The van der Waals surface area contributed by atoms with Crippen molar-refractivity contribution in [2.75, 3.05) is 19.4 Å². The number of carbonyl (C=O) groups is 1. The molecule has 1 fully saturated rings. The summed E-state index contributed by atoms with van der Waals surface area (Å²) >= 11 is 1.38. The number of nitro benzene ring substituents is 1. The Bertz CT molecular complexity index is 908. The second-order valence-electron chi connectivity index (χ2n) is 5.64. The van der Waals surface area contributed by atoms with E-state index in [4.69, 9.17) is 0 Å². The van der Waals surface area contributed by atoms with Gasteiger partial charge in [0.2, 0.25) is 5.82 Å². The standard InChI is InChI=1S/C17H13F3N2O4S/c1-26-15-13(19)11(8-12(18)14(15)20)16(23)21-6-7-27-17(21)9-2-4-10(5-3-9)22(24)25/h2-5,8,17H,6-7H2,1H3. The summed E-state index contributed by atoms with van der Waals surface area (Å²) in [6.07, 6.45) is 0. The summed E-state index contributed by atoms with van der Waals surface area (Å²) < 4.78 is 46.3. The Morgan fingerprint density at radius 3 is 2.52 bits per heavy atom. The van der Waals surface area contributed by atoms with Crippen molar-refractivity contribution < 1.29 is 27.6 Å². The molecule has 2 aromatic carbocycles. The molecule has 6 nitrogen and oxygen atoms in total. The predicted octanol–water partition coefficient (Wildman–Crippen LogP) is 3.91. The zero-order chi connectivity index (χ0) is 19.7. The maximum absolute atomic E-state index is 14.4. The molecule has 10 heteroatoms. The summed E-state index contributed by atoms with van der Waals surface area (Å²) in [7, 11) is 0.973. The number of benzene rings is 2. The number of carbonyl (C=O) groups excluding carboxylic acids is 1. The molecular weight excluding hydrogens is 385 g/mol. The lowest BCUT2D eigenvalue weighted by Gasteiger charge is -2.24. The van der Waals surface area contributed by atoms with Gasteiger partial charge in [-0.3, -0.25) is 14.9 Å². The Balaban J connectivity index is 1.94. The Kier molecular flexibility index (Phi) is 5.26. The number of amides is 1. The van der Waals surface area contributed by atoms with Crippen LogP contribution in [0.2, 0.25) is 0 Å². The lowest BCUT2D eigenvalue weighted by atomic mass is 10.1. The Labute approximate surface area is 156 Å². The highest BCUT2D eigenvalue weighted by atomic mass is 32.2. The maximum Gasteiger partial charge on any atom is 0.269 e. The number of nitro groups is 1. The predicted molar refractivity (Wildman–Crippen MR) is 92.2 cm³/mol. The zero-order valence-electron chi connectivity index (χ0n) is 13.9. The minimum Gasteiger partial charge on any atom is -0.491 e. The van der Waals surface area contributed by atoms with E-state index >= 15 is 0 Å². The van der Waals surface area contributed by atoms with E-state index < -0.39 is 45.0 Å². The van der Waals surface area contributed by atoms with Crippen LogP contribution in [0.3, 0.4) is 0 Å². The molecule has 1 aliphatic rings. The van der Waals surface area contributed by atoms with Crippen LogP contribution in [0.5, 0.6) is 5.75 Å². The molecule has 0 aliphatic carbocycles. The van der Waals surface area contributed by atoms with Gasteiger partial charge in [-0.2, -0.15) is 4.39 Å². The van der Waals surface area contributed by atoms with Gasteiger partial charge in [0, 0.05) is 24.4 Å². The molecule has 1 atom stereocenters. The molecule has 0 aromatic heterocycles. The van der Waals surface area contributed by atoms with Gasteiger partial charge in [0.25, 0.3) is 11.6 Å². The van der Waals surface area contributed by atoms with Crippen molar-refractivity contribution in [3.05, 3.63) is 69.0 Å². The van der Waals surface area contributed by atoms with Crippen LogP contribution in [0, 0.1) is 27.6 Å². The van der Waals surface area contributed by atoms with Crippen molar-refractivity contribution >= 4 is 23.4 Å². The van der Waals surface area contributed by atoms with Gasteiger partial charge >= 0.3 is 0 Å². The summed E-state index contributed by atoms with van der Waals surface area (Å²) in [6, 6.07) is 6.12. The van der Waals surface area contributed by atoms with Crippen LogP contribution in [0.15, 0.2) is 30.3 Å². The molecule has 2 aromatic rings. The molecule has 3 rings (SSSR count).